The van der Waals surface area contributed by atoms with Gasteiger partial charge in [-0.05, 0) is 12.1 Å². The Kier molecular flexibility index (Phi) is 3.37. The molecule has 0 radical (unpaired) electrons. The summed E-state index contributed by atoms with van der Waals surface area (Å²) in [5.41, 5.74) is 0.0443. The molecule has 1 saturated heterocycles. The molecule has 6 nitrogen and oxygen atoms in total. The SMILES string of the molecule is O=C(NCC1CNC1)c1cc2cc([N+](=O)[O-])ccc2s1. The number of thiophene rings is 1. The molecule has 1 aromatic heterocycles. The van der Waals surface area contributed by atoms with E-state index in [2.05, 4.69) is 10.6 Å². The van der Waals surface area contributed by atoms with Crippen LogP contribution < -0.4 is 10.6 Å². The second kappa shape index (κ2) is 5.18. The molecule has 2 heterocycles. The van der Waals surface area contributed by atoms with Crippen molar-refractivity contribution in [2.24, 2.45) is 5.92 Å². The van der Waals surface area contributed by atoms with Crippen LogP contribution in [0, 0.1) is 16.0 Å². The minimum atomic E-state index is -0.430. The van der Waals surface area contributed by atoms with Gasteiger partial charge in [-0.2, -0.15) is 0 Å². The average Bonchev–Trinajstić information content (AvgIpc) is 2.79. The zero-order valence-electron chi connectivity index (χ0n) is 10.6. The van der Waals surface area contributed by atoms with Crippen LogP contribution in [-0.2, 0) is 0 Å². The van der Waals surface area contributed by atoms with Crippen LogP contribution >= 0.6 is 11.3 Å². The number of hydrogen-bond donors (Lipinski definition) is 2. The quantitative estimate of drug-likeness (QED) is 0.664. The summed E-state index contributed by atoms with van der Waals surface area (Å²) in [7, 11) is 0. The number of carbonyl (C=O) groups excluding carboxylic acids is 1. The van der Waals surface area contributed by atoms with Gasteiger partial charge in [0.15, 0.2) is 0 Å². The predicted molar refractivity (Wildman–Crippen MR) is 77.2 cm³/mol. The van der Waals surface area contributed by atoms with E-state index in [-0.39, 0.29) is 11.6 Å². The fourth-order valence-electron chi connectivity index (χ4n) is 2.07. The highest BCUT2D eigenvalue weighted by molar-refractivity contribution is 7.20. The van der Waals surface area contributed by atoms with Gasteiger partial charge in [0.2, 0.25) is 0 Å². The molecule has 1 amide bonds. The van der Waals surface area contributed by atoms with Crippen molar-refractivity contribution in [1.29, 1.82) is 0 Å². The maximum absolute atomic E-state index is 12.0. The average molecular weight is 291 g/mol. The Labute approximate surface area is 118 Å². The third-order valence-corrected chi connectivity index (χ3v) is 4.47. The Morgan fingerprint density at radius 1 is 1.45 bits per heavy atom. The second-order valence-corrected chi connectivity index (χ2v) is 5.91. The van der Waals surface area contributed by atoms with Crippen LogP contribution in [0.2, 0.25) is 0 Å². The number of nitrogens with one attached hydrogen (secondary N) is 2. The maximum Gasteiger partial charge on any atom is 0.270 e. The van der Waals surface area contributed by atoms with Gasteiger partial charge in [-0.25, -0.2) is 0 Å². The van der Waals surface area contributed by atoms with Crippen LogP contribution in [-0.4, -0.2) is 30.5 Å². The highest BCUT2D eigenvalue weighted by Crippen LogP contribution is 2.28. The number of non-ortho nitro benzene ring substituents is 1. The van der Waals surface area contributed by atoms with Crippen molar-refractivity contribution in [3.05, 3.63) is 39.3 Å². The summed E-state index contributed by atoms with van der Waals surface area (Å²) in [5, 5.41) is 17.5. The van der Waals surface area contributed by atoms with Crippen LogP contribution in [0.25, 0.3) is 10.1 Å². The minimum absolute atomic E-state index is 0.0443. The van der Waals surface area contributed by atoms with E-state index in [1.807, 2.05) is 0 Å². The molecule has 20 heavy (non-hydrogen) atoms. The van der Waals surface area contributed by atoms with Crippen molar-refractivity contribution < 1.29 is 9.72 Å². The molecule has 1 fully saturated rings. The smallest absolute Gasteiger partial charge is 0.270 e. The lowest BCUT2D eigenvalue weighted by Gasteiger charge is -2.26. The number of carbonyl (C=O) groups is 1. The molecular weight excluding hydrogens is 278 g/mol. The van der Waals surface area contributed by atoms with Gasteiger partial charge in [-0.15, -0.1) is 11.3 Å². The normalized spacial score (nSPS) is 15.0. The Morgan fingerprint density at radius 2 is 2.25 bits per heavy atom. The largest absolute Gasteiger partial charge is 0.351 e. The van der Waals surface area contributed by atoms with E-state index in [0.29, 0.717) is 17.3 Å². The predicted octanol–water partition coefficient (Wildman–Crippen LogP) is 1.76. The molecule has 7 heteroatoms. The third-order valence-electron chi connectivity index (χ3n) is 3.35. The highest BCUT2D eigenvalue weighted by atomic mass is 32.1. The van der Waals surface area contributed by atoms with E-state index in [4.69, 9.17) is 0 Å². The van der Waals surface area contributed by atoms with Gasteiger partial charge in [-0.3, -0.25) is 14.9 Å². The number of benzene rings is 1. The van der Waals surface area contributed by atoms with Crippen molar-refractivity contribution in [2.45, 2.75) is 0 Å². The number of amides is 1. The van der Waals surface area contributed by atoms with Gasteiger partial charge in [0.05, 0.1) is 9.80 Å². The molecule has 1 aromatic carbocycles. The molecule has 0 aliphatic carbocycles. The molecule has 2 aromatic rings. The van der Waals surface area contributed by atoms with E-state index in [1.54, 1.807) is 12.1 Å². The maximum atomic E-state index is 12.0. The summed E-state index contributed by atoms with van der Waals surface area (Å²) in [5.74, 6) is 0.398. The second-order valence-electron chi connectivity index (χ2n) is 4.82. The molecule has 1 aliphatic rings. The standard InChI is InChI=1S/C13H13N3O3S/c17-13(15-7-8-5-14-6-8)12-4-9-3-10(16(18)19)1-2-11(9)20-12/h1-4,8,14H,5-7H2,(H,15,17). The van der Waals surface area contributed by atoms with Gasteiger partial charge < -0.3 is 10.6 Å². The van der Waals surface area contributed by atoms with Crippen LogP contribution in [0.15, 0.2) is 24.3 Å². The molecule has 0 spiro atoms. The first kappa shape index (κ1) is 13.0. The van der Waals surface area contributed by atoms with Gasteiger partial charge in [0.1, 0.15) is 0 Å². The third kappa shape index (κ3) is 2.50. The molecule has 104 valence electrons. The molecule has 1 aliphatic heterocycles. The molecule has 0 bridgehead atoms. The first-order valence-electron chi connectivity index (χ1n) is 6.30. The van der Waals surface area contributed by atoms with E-state index >= 15 is 0 Å². The summed E-state index contributed by atoms with van der Waals surface area (Å²) in [6.07, 6.45) is 0. The summed E-state index contributed by atoms with van der Waals surface area (Å²) in [4.78, 5) is 22.9. The van der Waals surface area contributed by atoms with Crippen LogP contribution in [0.3, 0.4) is 0 Å². The van der Waals surface area contributed by atoms with Crippen molar-refractivity contribution in [3.8, 4) is 0 Å². The number of hydrogen-bond acceptors (Lipinski definition) is 5. The number of nitro groups is 1. The Hall–Kier alpha value is -1.99. The fraction of sp³-hybridized carbons (Fsp3) is 0.308. The van der Waals surface area contributed by atoms with Crippen molar-refractivity contribution in [2.75, 3.05) is 19.6 Å². The van der Waals surface area contributed by atoms with Crippen LogP contribution in [0.5, 0.6) is 0 Å². The van der Waals surface area contributed by atoms with E-state index < -0.39 is 4.92 Å². The lowest BCUT2D eigenvalue weighted by atomic mass is 10.0. The van der Waals surface area contributed by atoms with Crippen molar-refractivity contribution >= 4 is 33.0 Å². The number of fused-ring (bicyclic) bond motifs is 1. The number of nitrogens with zero attached hydrogens (tertiary/aromatic N) is 1. The van der Waals surface area contributed by atoms with Crippen molar-refractivity contribution in [1.82, 2.24) is 10.6 Å². The zero-order chi connectivity index (χ0) is 14.1. The van der Waals surface area contributed by atoms with Crippen LogP contribution in [0.1, 0.15) is 9.67 Å². The summed E-state index contributed by atoms with van der Waals surface area (Å²) >= 11 is 1.35. The lowest BCUT2D eigenvalue weighted by molar-refractivity contribution is -0.384. The van der Waals surface area contributed by atoms with E-state index in [1.165, 1.54) is 23.5 Å². The van der Waals surface area contributed by atoms with Gasteiger partial charge >= 0.3 is 0 Å². The van der Waals surface area contributed by atoms with Gasteiger partial charge in [-0.1, -0.05) is 0 Å². The monoisotopic (exact) mass is 291 g/mol. The van der Waals surface area contributed by atoms with Crippen molar-refractivity contribution in [3.63, 3.8) is 0 Å². The van der Waals surface area contributed by atoms with Gasteiger partial charge in [0, 0.05) is 47.8 Å². The van der Waals surface area contributed by atoms with Crippen LogP contribution in [0.4, 0.5) is 5.69 Å². The van der Waals surface area contributed by atoms with E-state index in [0.717, 1.165) is 23.2 Å². The number of rotatable bonds is 4. The molecular formula is C13H13N3O3S. The van der Waals surface area contributed by atoms with E-state index in [9.17, 15) is 14.9 Å². The Morgan fingerprint density at radius 3 is 2.90 bits per heavy atom. The first-order valence-corrected chi connectivity index (χ1v) is 7.12. The molecule has 0 unspecified atom stereocenters. The lowest BCUT2D eigenvalue weighted by Crippen LogP contribution is -2.48. The fourth-order valence-corrected chi connectivity index (χ4v) is 3.03. The highest BCUT2D eigenvalue weighted by Gasteiger charge is 2.18. The summed E-state index contributed by atoms with van der Waals surface area (Å²) < 4.78 is 0.881. The Balaban J connectivity index is 1.77. The summed E-state index contributed by atoms with van der Waals surface area (Å²) in [6, 6.07) is 6.35. The first-order chi connectivity index (χ1) is 9.63. The number of nitro benzene ring substituents is 1. The molecule has 0 atom stereocenters. The minimum Gasteiger partial charge on any atom is -0.351 e. The molecule has 3 rings (SSSR count). The zero-order valence-corrected chi connectivity index (χ0v) is 11.4. The summed E-state index contributed by atoms with van der Waals surface area (Å²) in [6.45, 7) is 2.55. The molecule has 0 saturated carbocycles. The topological polar surface area (TPSA) is 84.3 Å². The Bertz CT molecular complexity index is 679. The van der Waals surface area contributed by atoms with Gasteiger partial charge in [0.25, 0.3) is 11.6 Å². The molecule has 2 N–H and O–H groups in total.